The lowest BCUT2D eigenvalue weighted by Crippen LogP contribution is -2.49. The third kappa shape index (κ3) is 2.10. The van der Waals surface area contributed by atoms with Crippen LogP contribution in [0, 0.1) is 5.92 Å². The van der Waals surface area contributed by atoms with Crippen LogP contribution in [-0.4, -0.2) is 33.6 Å². The van der Waals surface area contributed by atoms with E-state index in [9.17, 15) is 10.2 Å². The number of rotatable bonds is 2. The van der Waals surface area contributed by atoms with E-state index >= 15 is 0 Å². The molecule has 0 saturated heterocycles. The van der Waals surface area contributed by atoms with Gasteiger partial charge in [0, 0.05) is 0 Å². The first kappa shape index (κ1) is 10.7. The highest BCUT2D eigenvalue weighted by Crippen LogP contribution is 2.35. The van der Waals surface area contributed by atoms with Gasteiger partial charge in [0.05, 0.1) is 12.7 Å². The fourth-order valence-electron chi connectivity index (χ4n) is 1.83. The Bertz CT molecular complexity index is 202. The molecule has 3 N–H and O–H groups in total. The maximum atomic E-state index is 9.72. The van der Waals surface area contributed by atoms with Gasteiger partial charge < -0.3 is 15.3 Å². The summed E-state index contributed by atoms with van der Waals surface area (Å²) in [5.41, 5.74) is -0.245. The van der Waals surface area contributed by atoms with Gasteiger partial charge in [-0.2, -0.15) is 0 Å². The zero-order valence-corrected chi connectivity index (χ0v) is 8.03. The van der Waals surface area contributed by atoms with Crippen LogP contribution in [0.25, 0.3) is 0 Å². The second-order valence-electron chi connectivity index (χ2n) is 4.10. The Balaban J connectivity index is 2.61. The summed E-state index contributed by atoms with van der Waals surface area (Å²) >= 11 is 0. The lowest BCUT2D eigenvalue weighted by Gasteiger charge is -2.39. The average molecular weight is 186 g/mol. The van der Waals surface area contributed by atoms with Crippen LogP contribution in [0.15, 0.2) is 12.2 Å². The van der Waals surface area contributed by atoms with E-state index in [-0.39, 0.29) is 12.5 Å². The summed E-state index contributed by atoms with van der Waals surface area (Å²) in [6.07, 6.45) is 0.922. The van der Waals surface area contributed by atoms with Gasteiger partial charge in [-0.3, -0.25) is 0 Å². The molecule has 1 aliphatic carbocycles. The van der Waals surface area contributed by atoms with Crippen molar-refractivity contribution in [1.29, 1.82) is 0 Å². The van der Waals surface area contributed by atoms with Gasteiger partial charge in [-0.1, -0.05) is 12.2 Å². The molecule has 0 heterocycles. The second-order valence-corrected chi connectivity index (χ2v) is 4.10. The molecule has 1 fully saturated rings. The first-order chi connectivity index (χ1) is 5.99. The standard InChI is InChI=1S/C10H18O3/c1-7(2)8-3-4-10(13,6-11)9(12)5-8/h8-9,11-13H,1,3-6H2,2H3. The van der Waals surface area contributed by atoms with Crippen LogP contribution in [0.3, 0.4) is 0 Å². The summed E-state index contributed by atoms with van der Waals surface area (Å²) < 4.78 is 0. The molecule has 0 radical (unpaired) electrons. The molecule has 0 bridgehead atoms. The topological polar surface area (TPSA) is 60.7 Å². The Morgan fingerprint density at radius 3 is 2.62 bits per heavy atom. The average Bonchev–Trinajstić information content (AvgIpc) is 2.09. The quantitative estimate of drug-likeness (QED) is 0.549. The van der Waals surface area contributed by atoms with Crippen molar-refractivity contribution in [3.63, 3.8) is 0 Å². The molecule has 3 atom stereocenters. The van der Waals surface area contributed by atoms with E-state index in [0.717, 1.165) is 12.0 Å². The molecule has 0 aliphatic heterocycles. The number of allylic oxidation sites excluding steroid dienone is 1. The van der Waals surface area contributed by atoms with E-state index in [2.05, 4.69) is 6.58 Å². The SMILES string of the molecule is C=C(C)C1CCC(O)(CO)C(O)C1. The summed E-state index contributed by atoms with van der Waals surface area (Å²) in [5.74, 6) is 0.279. The van der Waals surface area contributed by atoms with Crippen molar-refractivity contribution >= 4 is 0 Å². The Morgan fingerprint density at radius 1 is 1.62 bits per heavy atom. The van der Waals surface area contributed by atoms with Gasteiger partial charge >= 0.3 is 0 Å². The second kappa shape index (κ2) is 3.78. The summed E-state index contributed by atoms with van der Waals surface area (Å²) in [4.78, 5) is 0. The molecular weight excluding hydrogens is 168 g/mol. The van der Waals surface area contributed by atoms with Crippen LogP contribution in [0.4, 0.5) is 0 Å². The zero-order chi connectivity index (χ0) is 10.1. The van der Waals surface area contributed by atoms with E-state index < -0.39 is 11.7 Å². The highest BCUT2D eigenvalue weighted by molar-refractivity contribution is 5.03. The number of aliphatic hydroxyl groups is 3. The molecule has 1 aliphatic rings. The van der Waals surface area contributed by atoms with Gasteiger partial charge in [0.15, 0.2) is 0 Å². The Labute approximate surface area is 78.7 Å². The predicted octanol–water partition coefficient (Wildman–Crippen LogP) is 0.447. The van der Waals surface area contributed by atoms with Gasteiger partial charge in [-0.15, -0.1) is 0 Å². The molecule has 0 spiro atoms. The van der Waals surface area contributed by atoms with E-state index in [4.69, 9.17) is 5.11 Å². The van der Waals surface area contributed by atoms with E-state index in [1.54, 1.807) is 0 Å². The van der Waals surface area contributed by atoms with Crippen molar-refractivity contribution in [3.05, 3.63) is 12.2 Å². The predicted molar refractivity (Wildman–Crippen MR) is 50.2 cm³/mol. The molecule has 3 heteroatoms. The van der Waals surface area contributed by atoms with Crippen molar-refractivity contribution in [3.8, 4) is 0 Å². The van der Waals surface area contributed by atoms with Crippen LogP contribution < -0.4 is 0 Å². The van der Waals surface area contributed by atoms with Crippen LogP contribution in [0.1, 0.15) is 26.2 Å². The molecule has 76 valence electrons. The Kier molecular flexibility index (Phi) is 3.11. The number of aliphatic hydroxyl groups excluding tert-OH is 2. The minimum absolute atomic E-state index is 0.279. The summed E-state index contributed by atoms with van der Waals surface area (Å²) in [6, 6.07) is 0. The van der Waals surface area contributed by atoms with E-state index in [1.165, 1.54) is 0 Å². The maximum Gasteiger partial charge on any atom is 0.113 e. The molecule has 1 rings (SSSR count). The maximum absolute atomic E-state index is 9.72. The van der Waals surface area contributed by atoms with Crippen LogP contribution >= 0.6 is 0 Å². The zero-order valence-electron chi connectivity index (χ0n) is 8.03. The molecule has 13 heavy (non-hydrogen) atoms. The van der Waals surface area contributed by atoms with Crippen LogP contribution in [0.5, 0.6) is 0 Å². The first-order valence-electron chi connectivity index (χ1n) is 4.66. The first-order valence-corrected chi connectivity index (χ1v) is 4.66. The van der Waals surface area contributed by atoms with Gasteiger partial charge in [-0.25, -0.2) is 0 Å². The third-order valence-corrected chi connectivity index (χ3v) is 3.02. The van der Waals surface area contributed by atoms with Crippen molar-refractivity contribution in [2.75, 3.05) is 6.61 Å². The minimum Gasteiger partial charge on any atom is -0.393 e. The van der Waals surface area contributed by atoms with Crippen molar-refractivity contribution < 1.29 is 15.3 Å². The monoisotopic (exact) mass is 186 g/mol. The highest BCUT2D eigenvalue weighted by atomic mass is 16.4. The van der Waals surface area contributed by atoms with Gasteiger partial charge in [0.1, 0.15) is 5.60 Å². The summed E-state index contributed by atoms with van der Waals surface area (Å²) in [7, 11) is 0. The van der Waals surface area contributed by atoms with Gasteiger partial charge in [-0.05, 0) is 32.1 Å². The van der Waals surface area contributed by atoms with Crippen LogP contribution in [0.2, 0.25) is 0 Å². The highest BCUT2D eigenvalue weighted by Gasteiger charge is 2.40. The van der Waals surface area contributed by atoms with Crippen molar-refractivity contribution in [2.24, 2.45) is 5.92 Å². The molecule has 0 amide bonds. The summed E-state index contributed by atoms with van der Waals surface area (Å²) in [6.45, 7) is 5.40. The molecule has 1 saturated carbocycles. The van der Waals surface area contributed by atoms with Crippen molar-refractivity contribution in [1.82, 2.24) is 0 Å². The fourth-order valence-corrected chi connectivity index (χ4v) is 1.83. The Morgan fingerprint density at radius 2 is 2.23 bits per heavy atom. The molecule has 0 aromatic rings. The van der Waals surface area contributed by atoms with Gasteiger partial charge in [0.25, 0.3) is 0 Å². The normalized spacial score (nSPS) is 40.3. The van der Waals surface area contributed by atoms with Crippen molar-refractivity contribution in [2.45, 2.75) is 37.9 Å². The van der Waals surface area contributed by atoms with Crippen LogP contribution in [-0.2, 0) is 0 Å². The summed E-state index contributed by atoms with van der Waals surface area (Å²) in [5, 5.41) is 28.2. The third-order valence-electron chi connectivity index (χ3n) is 3.02. The Hall–Kier alpha value is -0.380. The van der Waals surface area contributed by atoms with E-state index in [0.29, 0.717) is 12.8 Å². The smallest absolute Gasteiger partial charge is 0.113 e. The molecular formula is C10H18O3. The minimum atomic E-state index is -1.29. The fraction of sp³-hybridized carbons (Fsp3) is 0.800. The molecule has 0 aromatic heterocycles. The molecule has 3 unspecified atom stereocenters. The number of hydrogen-bond donors (Lipinski definition) is 3. The largest absolute Gasteiger partial charge is 0.393 e. The number of hydrogen-bond acceptors (Lipinski definition) is 3. The molecule has 0 aromatic carbocycles. The van der Waals surface area contributed by atoms with Gasteiger partial charge in [0.2, 0.25) is 0 Å². The molecule has 3 nitrogen and oxygen atoms in total. The lowest BCUT2D eigenvalue weighted by atomic mass is 9.75. The lowest BCUT2D eigenvalue weighted by molar-refractivity contribution is -0.133. The van der Waals surface area contributed by atoms with E-state index in [1.807, 2.05) is 6.92 Å².